The molecule has 3 aromatic rings. The van der Waals surface area contributed by atoms with Gasteiger partial charge in [-0.25, -0.2) is 4.79 Å². The van der Waals surface area contributed by atoms with Crippen molar-refractivity contribution in [3.8, 4) is 5.75 Å². The van der Waals surface area contributed by atoms with Gasteiger partial charge in [-0.2, -0.15) is 13.2 Å². The van der Waals surface area contributed by atoms with Gasteiger partial charge in [0.2, 0.25) is 0 Å². The van der Waals surface area contributed by atoms with E-state index in [0.717, 1.165) is 12.1 Å². The fourth-order valence-corrected chi connectivity index (χ4v) is 3.46. The quantitative estimate of drug-likeness (QED) is 0.424. The Balaban J connectivity index is 1.97. The Morgan fingerprint density at radius 1 is 1.03 bits per heavy atom. The van der Waals surface area contributed by atoms with Crippen LogP contribution in [-0.2, 0) is 17.6 Å². The van der Waals surface area contributed by atoms with E-state index in [-0.39, 0.29) is 17.9 Å². The molecule has 4 N–H and O–H groups in total. The number of rotatable bonds is 6. The van der Waals surface area contributed by atoms with Gasteiger partial charge in [0.05, 0.1) is 11.1 Å². The van der Waals surface area contributed by atoms with Gasteiger partial charge in [-0.05, 0) is 52.8 Å². The molecule has 0 saturated carbocycles. The fourth-order valence-electron chi connectivity index (χ4n) is 3.46. The Morgan fingerprint density at radius 2 is 1.68 bits per heavy atom. The third kappa shape index (κ3) is 5.59. The zero-order valence-corrected chi connectivity index (χ0v) is 18.9. The average Bonchev–Trinajstić information content (AvgIpc) is 2.74. The molecule has 1 amide bonds. The molecule has 0 aliphatic rings. The standard InChI is InChI=1S/C25H25F3N2O4/c1-24(2,3)21(23(32)33)30-22(31)19-10-6-15-12-17(29)9-11-18(15)20(19)34-13-14-4-7-16(8-5-14)25(26,27)28/h4-12,21H,13,29H2,1-3H3,(H,30,31)(H,32,33). The normalized spacial score (nSPS) is 12.9. The molecule has 1 atom stereocenters. The van der Waals surface area contributed by atoms with Crippen LogP contribution in [0.4, 0.5) is 18.9 Å². The van der Waals surface area contributed by atoms with E-state index in [1.807, 2.05) is 0 Å². The number of carboxylic acids is 1. The molecule has 9 heteroatoms. The molecule has 0 aliphatic carbocycles. The molecule has 0 heterocycles. The lowest BCUT2D eigenvalue weighted by atomic mass is 9.86. The maximum Gasteiger partial charge on any atom is 0.416 e. The second-order valence-corrected chi connectivity index (χ2v) is 9.02. The molecule has 6 nitrogen and oxygen atoms in total. The van der Waals surface area contributed by atoms with Crippen LogP contribution >= 0.6 is 0 Å². The molecule has 3 aromatic carbocycles. The number of ether oxygens (including phenoxy) is 1. The summed E-state index contributed by atoms with van der Waals surface area (Å²) in [5.41, 5.74) is 5.38. The van der Waals surface area contributed by atoms with Crippen molar-refractivity contribution < 1.29 is 32.6 Å². The maximum absolute atomic E-state index is 13.1. The highest BCUT2D eigenvalue weighted by molar-refractivity contribution is 6.05. The van der Waals surface area contributed by atoms with E-state index in [1.165, 1.54) is 18.2 Å². The van der Waals surface area contributed by atoms with Crippen molar-refractivity contribution in [2.45, 2.75) is 39.6 Å². The zero-order valence-electron chi connectivity index (χ0n) is 18.9. The predicted octanol–water partition coefficient (Wildman–Crippen LogP) is 5.25. The number of halogens is 3. The Kier molecular flexibility index (Phi) is 6.77. The van der Waals surface area contributed by atoms with Crippen molar-refractivity contribution in [3.05, 3.63) is 71.3 Å². The third-order valence-electron chi connectivity index (χ3n) is 5.29. The number of nitrogens with two attached hydrogens (primary N) is 1. The van der Waals surface area contributed by atoms with Gasteiger partial charge in [-0.1, -0.05) is 39.0 Å². The number of hydrogen-bond donors (Lipinski definition) is 3. The summed E-state index contributed by atoms with van der Waals surface area (Å²) in [5, 5.41) is 13.3. The van der Waals surface area contributed by atoms with Gasteiger partial charge in [0.1, 0.15) is 18.4 Å². The number of carbonyl (C=O) groups is 2. The van der Waals surface area contributed by atoms with Crippen LogP contribution in [0, 0.1) is 5.41 Å². The number of nitrogens with one attached hydrogen (secondary N) is 1. The Labute approximate surface area is 194 Å². The first-order valence-corrected chi connectivity index (χ1v) is 10.4. The SMILES string of the molecule is CC(C)(C)C(NC(=O)c1ccc2cc(N)ccc2c1OCc1ccc(C(F)(F)F)cc1)C(=O)O. The van der Waals surface area contributed by atoms with Gasteiger partial charge in [0, 0.05) is 11.1 Å². The second kappa shape index (κ2) is 9.24. The fraction of sp³-hybridized carbons (Fsp3) is 0.280. The molecule has 0 fully saturated rings. The number of carbonyl (C=O) groups excluding carboxylic acids is 1. The molecule has 0 spiro atoms. The van der Waals surface area contributed by atoms with Crippen LogP contribution < -0.4 is 15.8 Å². The van der Waals surface area contributed by atoms with Gasteiger partial charge in [0.25, 0.3) is 5.91 Å². The minimum atomic E-state index is -4.45. The highest BCUT2D eigenvalue weighted by Gasteiger charge is 2.34. The maximum atomic E-state index is 13.1. The molecule has 3 rings (SSSR count). The largest absolute Gasteiger partial charge is 0.487 e. The summed E-state index contributed by atoms with van der Waals surface area (Å²) in [6, 6.07) is 11.5. The van der Waals surface area contributed by atoms with Crippen LogP contribution in [0.25, 0.3) is 10.8 Å². The summed E-state index contributed by atoms with van der Waals surface area (Å²) < 4.78 is 44.4. The number of carboxylic acid groups (broad SMARTS) is 1. The first kappa shape index (κ1) is 24.9. The number of benzene rings is 3. The average molecular weight is 474 g/mol. The van der Waals surface area contributed by atoms with Gasteiger partial charge >= 0.3 is 12.1 Å². The lowest BCUT2D eigenvalue weighted by molar-refractivity contribution is -0.142. The molecule has 180 valence electrons. The van der Waals surface area contributed by atoms with E-state index < -0.39 is 35.1 Å². The summed E-state index contributed by atoms with van der Waals surface area (Å²) in [6.07, 6.45) is -4.45. The minimum absolute atomic E-state index is 0.0969. The predicted molar refractivity (Wildman–Crippen MR) is 122 cm³/mol. The Hall–Kier alpha value is -3.75. The smallest absolute Gasteiger partial charge is 0.416 e. The van der Waals surface area contributed by atoms with Crippen molar-refractivity contribution in [1.29, 1.82) is 0 Å². The highest BCUT2D eigenvalue weighted by Crippen LogP contribution is 2.33. The van der Waals surface area contributed by atoms with Gasteiger partial charge in [0.15, 0.2) is 0 Å². The lowest BCUT2D eigenvalue weighted by Gasteiger charge is -2.28. The molecule has 1 unspecified atom stereocenters. The van der Waals surface area contributed by atoms with Crippen LogP contribution in [0.5, 0.6) is 5.75 Å². The van der Waals surface area contributed by atoms with E-state index in [1.54, 1.807) is 45.0 Å². The van der Waals surface area contributed by atoms with Crippen LogP contribution in [0.3, 0.4) is 0 Å². The van der Waals surface area contributed by atoms with Crippen molar-refractivity contribution in [3.63, 3.8) is 0 Å². The Morgan fingerprint density at radius 3 is 2.24 bits per heavy atom. The number of alkyl halides is 3. The summed E-state index contributed by atoms with van der Waals surface area (Å²) in [7, 11) is 0. The second-order valence-electron chi connectivity index (χ2n) is 9.02. The topological polar surface area (TPSA) is 102 Å². The highest BCUT2D eigenvalue weighted by atomic mass is 19.4. The van der Waals surface area contributed by atoms with Crippen molar-refractivity contribution in [2.24, 2.45) is 5.41 Å². The van der Waals surface area contributed by atoms with E-state index in [2.05, 4.69) is 5.32 Å². The van der Waals surface area contributed by atoms with Crippen molar-refractivity contribution >= 4 is 28.3 Å². The molecule has 0 radical (unpaired) electrons. The third-order valence-corrected chi connectivity index (χ3v) is 5.29. The van der Waals surface area contributed by atoms with Gasteiger partial charge in [-0.3, -0.25) is 4.79 Å². The van der Waals surface area contributed by atoms with Crippen LogP contribution in [-0.4, -0.2) is 23.0 Å². The molecular weight excluding hydrogens is 449 g/mol. The lowest BCUT2D eigenvalue weighted by Crippen LogP contribution is -2.49. The summed E-state index contributed by atoms with van der Waals surface area (Å²) in [5.74, 6) is -1.65. The van der Waals surface area contributed by atoms with E-state index in [4.69, 9.17) is 10.5 Å². The molecular formula is C25H25F3N2O4. The summed E-state index contributed by atoms with van der Waals surface area (Å²) in [4.78, 5) is 24.8. The van der Waals surface area contributed by atoms with Crippen LogP contribution in [0.2, 0.25) is 0 Å². The monoisotopic (exact) mass is 474 g/mol. The summed E-state index contributed by atoms with van der Waals surface area (Å²) in [6.45, 7) is 4.97. The Bertz CT molecular complexity index is 1220. The van der Waals surface area contributed by atoms with Crippen LogP contribution in [0.15, 0.2) is 54.6 Å². The summed E-state index contributed by atoms with van der Waals surface area (Å²) >= 11 is 0. The van der Waals surface area contributed by atoms with E-state index >= 15 is 0 Å². The number of aliphatic carboxylic acids is 1. The van der Waals surface area contributed by atoms with Crippen molar-refractivity contribution in [2.75, 3.05) is 5.73 Å². The first-order valence-electron chi connectivity index (χ1n) is 10.4. The minimum Gasteiger partial charge on any atom is -0.487 e. The number of nitrogen functional groups attached to an aromatic ring is 1. The van der Waals surface area contributed by atoms with Crippen LogP contribution in [0.1, 0.15) is 42.3 Å². The number of anilines is 1. The molecule has 34 heavy (non-hydrogen) atoms. The van der Waals surface area contributed by atoms with E-state index in [9.17, 15) is 27.9 Å². The van der Waals surface area contributed by atoms with E-state index in [0.29, 0.717) is 22.0 Å². The van der Waals surface area contributed by atoms with Crippen molar-refractivity contribution in [1.82, 2.24) is 5.32 Å². The number of hydrogen-bond acceptors (Lipinski definition) is 4. The number of amides is 1. The zero-order chi connectivity index (χ0) is 25.3. The number of fused-ring (bicyclic) bond motifs is 1. The van der Waals surface area contributed by atoms with Gasteiger partial charge in [-0.15, -0.1) is 0 Å². The molecule has 0 saturated heterocycles. The molecule has 0 bridgehead atoms. The molecule has 0 aliphatic heterocycles. The first-order chi connectivity index (χ1) is 15.8. The molecule has 0 aromatic heterocycles. The van der Waals surface area contributed by atoms with Gasteiger partial charge < -0.3 is 20.9 Å².